The molecular formula is C28H32N2O5S2. The van der Waals surface area contributed by atoms with Gasteiger partial charge in [0.2, 0.25) is 5.91 Å². The van der Waals surface area contributed by atoms with E-state index in [4.69, 9.17) is 9.47 Å². The topological polar surface area (TPSA) is 84.9 Å². The van der Waals surface area contributed by atoms with Crippen LogP contribution in [0, 0.1) is 0 Å². The van der Waals surface area contributed by atoms with Gasteiger partial charge in [0.1, 0.15) is 11.5 Å². The van der Waals surface area contributed by atoms with Crippen molar-refractivity contribution in [3.05, 3.63) is 66.2 Å². The van der Waals surface area contributed by atoms with E-state index in [1.165, 1.54) is 0 Å². The van der Waals surface area contributed by atoms with E-state index in [0.29, 0.717) is 19.4 Å². The molecule has 2 aliphatic rings. The average Bonchev–Trinajstić information content (AvgIpc) is 3.46. The number of rotatable bonds is 8. The van der Waals surface area contributed by atoms with Crippen LogP contribution in [-0.4, -0.2) is 68.8 Å². The fourth-order valence-electron chi connectivity index (χ4n) is 5.32. The Hall–Kier alpha value is -2.75. The van der Waals surface area contributed by atoms with Crippen molar-refractivity contribution in [2.24, 2.45) is 0 Å². The summed E-state index contributed by atoms with van der Waals surface area (Å²) in [5.74, 6) is 1.66. The molecule has 3 atom stereocenters. The average molecular weight is 541 g/mol. The molecule has 0 saturated carbocycles. The molecule has 1 amide bonds. The third kappa shape index (κ3) is 5.89. The first-order chi connectivity index (χ1) is 17.8. The summed E-state index contributed by atoms with van der Waals surface area (Å²) < 4.78 is 34.9. The Morgan fingerprint density at radius 3 is 2.54 bits per heavy atom. The number of hydrogen-bond donors (Lipinski definition) is 1. The number of amides is 1. The summed E-state index contributed by atoms with van der Waals surface area (Å²) in [6.45, 7) is 1.29. The van der Waals surface area contributed by atoms with E-state index >= 15 is 0 Å². The first kappa shape index (κ1) is 25.9. The highest BCUT2D eigenvalue weighted by Crippen LogP contribution is 2.37. The molecule has 1 N–H and O–H groups in total. The van der Waals surface area contributed by atoms with Crippen LogP contribution in [0.4, 0.5) is 0 Å². The molecule has 9 heteroatoms. The number of fused-ring (bicyclic) bond motifs is 1. The summed E-state index contributed by atoms with van der Waals surface area (Å²) in [6, 6.07) is 19.5. The minimum absolute atomic E-state index is 0.0205. The molecule has 2 saturated heterocycles. The largest absolute Gasteiger partial charge is 0.497 e. The van der Waals surface area contributed by atoms with Crippen LogP contribution in [0.25, 0.3) is 10.8 Å². The van der Waals surface area contributed by atoms with Crippen LogP contribution in [0.5, 0.6) is 11.5 Å². The Morgan fingerprint density at radius 1 is 1.05 bits per heavy atom. The first-order valence-corrected chi connectivity index (χ1v) is 15.2. The molecule has 2 aliphatic heterocycles. The molecule has 5 rings (SSSR count). The van der Waals surface area contributed by atoms with E-state index in [0.717, 1.165) is 39.3 Å². The Bertz CT molecular complexity index is 1380. The molecule has 0 unspecified atom stereocenters. The van der Waals surface area contributed by atoms with E-state index in [1.54, 1.807) is 26.0 Å². The molecule has 196 valence electrons. The number of nitrogens with zero attached hydrogens (tertiary/aromatic N) is 1. The summed E-state index contributed by atoms with van der Waals surface area (Å²) >= 11 is 1.76. The Morgan fingerprint density at radius 2 is 1.84 bits per heavy atom. The zero-order valence-corrected chi connectivity index (χ0v) is 22.7. The molecule has 0 spiro atoms. The predicted octanol–water partition coefficient (Wildman–Crippen LogP) is 3.90. The number of ether oxygens (including phenoxy) is 2. The van der Waals surface area contributed by atoms with Gasteiger partial charge in [-0.05, 0) is 53.9 Å². The number of carbonyl (C=O) groups excluding carboxylic acids is 1. The Labute approximate surface area is 222 Å². The van der Waals surface area contributed by atoms with Gasteiger partial charge < -0.3 is 14.8 Å². The third-order valence-electron chi connectivity index (χ3n) is 7.19. The second-order valence-corrected chi connectivity index (χ2v) is 13.3. The van der Waals surface area contributed by atoms with Crippen molar-refractivity contribution in [3.63, 3.8) is 0 Å². The zero-order valence-electron chi connectivity index (χ0n) is 21.1. The summed E-state index contributed by atoms with van der Waals surface area (Å²) in [5.41, 5.74) is 1.05. The van der Waals surface area contributed by atoms with E-state index in [-0.39, 0.29) is 34.7 Å². The lowest BCUT2D eigenvalue weighted by molar-refractivity contribution is -0.126. The second-order valence-electron chi connectivity index (χ2n) is 9.67. The van der Waals surface area contributed by atoms with Crippen LogP contribution in [0.1, 0.15) is 18.4 Å². The van der Waals surface area contributed by atoms with Gasteiger partial charge in [-0.3, -0.25) is 9.69 Å². The first-order valence-electron chi connectivity index (χ1n) is 12.5. The van der Waals surface area contributed by atoms with Crippen molar-refractivity contribution in [2.75, 3.05) is 32.3 Å². The highest BCUT2D eigenvalue weighted by molar-refractivity contribution is 8.00. The predicted molar refractivity (Wildman–Crippen MR) is 147 cm³/mol. The van der Waals surface area contributed by atoms with Gasteiger partial charge in [-0.15, -0.1) is 11.8 Å². The maximum absolute atomic E-state index is 13.5. The Kier molecular flexibility index (Phi) is 7.65. The van der Waals surface area contributed by atoms with Crippen LogP contribution in [0.2, 0.25) is 0 Å². The van der Waals surface area contributed by atoms with Crippen molar-refractivity contribution in [1.82, 2.24) is 10.2 Å². The number of carbonyl (C=O) groups is 1. The Balaban J connectivity index is 1.40. The summed E-state index contributed by atoms with van der Waals surface area (Å²) in [5, 5.41) is 5.48. The lowest BCUT2D eigenvalue weighted by atomic mass is 10.0. The molecule has 0 radical (unpaired) electrons. The number of hydrogen-bond acceptors (Lipinski definition) is 7. The molecule has 0 aromatic heterocycles. The number of thioether (sulfide) groups is 1. The maximum Gasteiger partial charge on any atom is 0.237 e. The molecule has 7 nitrogen and oxygen atoms in total. The van der Waals surface area contributed by atoms with Crippen LogP contribution in [0.15, 0.2) is 65.6 Å². The van der Waals surface area contributed by atoms with Gasteiger partial charge in [-0.1, -0.05) is 30.3 Å². The van der Waals surface area contributed by atoms with E-state index in [9.17, 15) is 13.2 Å². The number of methoxy groups -OCH3 is 2. The van der Waals surface area contributed by atoms with Gasteiger partial charge in [0.15, 0.2) is 9.84 Å². The van der Waals surface area contributed by atoms with Crippen molar-refractivity contribution < 1.29 is 22.7 Å². The molecule has 2 heterocycles. The van der Waals surface area contributed by atoms with Gasteiger partial charge in [0.05, 0.1) is 31.8 Å². The fraction of sp³-hybridized carbons (Fsp3) is 0.393. The molecule has 0 bridgehead atoms. The highest BCUT2D eigenvalue weighted by Gasteiger charge is 2.39. The van der Waals surface area contributed by atoms with Crippen molar-refractivity contribution in [2.45, 2.75) is 41.6 Å². The SMILES string of the molecule is COc1ccc(S[C@@H]2C[C@@H](C(=O)N[C@H]3CCS(=O)(=O)C3)N(Cc3c(OC)ccc4ccccc34)C2)cc1. The molecule has 0 aliphatic carbocycles. The molecule has 3 aromatic rings. The standard InChI is InChI=1S/C28H32N2O5S2/c1-34-21-8-10-22(11-9-21)36-23-15-26(28(31)29-20-13-14-37(32,33)18-20)30(16-23)17-25-24-6-4-3-5-19(24)7-12-27(25)35-2/h3-12,20,23,26H,13-18H2,1-2H3,(H,29,31)/t20-,23+,26-/m0/s1. The monoisotopic (exact) mass is 540 g/mol. The quantitative estimate of drug-likeness (QED) is 0.464. The van der Waals surface area contributed by atoms with Crippen molar-refractivity contribution in [1.29, 1.82) is 0 Å². The van der Waals surface area contributed by atoms with Gasteiger partial charge in [0.25, 0.3) is 0 Å². The van der Waals surface area contributed by atoms with Gasteiger partial charge >= 0.3 is 0 Å². The fourth-order valence-corrected chi connectivity index (χ4v) is 8.22. The lowest BCUT2D eigenvalue weighted by Crippen LogP contribution is -2.47. The van der Waals surface area contributed by atoms with E-state index < -0.39 is 9.84 Å². The zero-order chi connectivity index (χ0) is 26.0. The van der Waals surface area contributed by atoms with Crippen LogP contribution >= 0.6 is 11.8 Å². The number of nitrogens with one attached hydrogen (secondary N) is 1. The molecule has 3 aromatic carbocycles. The van der Waals surface area contributed by atoms with Crippen molar-refractivity contribution in [3.8, 4) is 11.5 Å². The normalized spacial score (nSPS) is 23.2. The van der Waals surface area contributed by atoms with Gasteiger partial charge in [-0.25, -0.2) is 8.42 Å². The molecule has 2 fully saturated rings. The summed E-state index contributed by atoms with van der Waals surface area (Å²) in [4.78, 5) is 16.8. The van der Waals surface area contributed by atoms with Crippen LogP contribution in [0.3, 0.4) is 0 Å². The second kappa shape index (κ2) is 10.9. The van der Waals surface area contributed by atoms with Gasteiger partial charge in [-0.2, -0.15) is 0 Å². The van der Waals surface area contributed by atoms with Gasteiger partial charge in [0, 0.05) is 34.8 Å². The molecular weight excluding hydrogens is 508 g/mol. The minimum Gasteiger partial charge on any atom is -0.497 e. The van der Waals surface area contributed by atoms with E-state index in [1.807, 2.05) is 42.5 Å². The molecule has 37 heavy (non-hydrogen) atoms. The summed E-state index contributed by atoms with van der Waals surface area (Å²) in [6.07, 6.45) is 1.15. The number of benzene rings is 3. The smallest absolute Gasteiger partial charge is 0.237 e. The third-order valence-corrected chi connectivity index (χ3v) is 10.2. The van der Waals surface area contributed by atoms with Crippen molar-refractivity contribution >= 4 is 38.3 Å². The lowest BCUT2D eigenvalue weighted by Gasteiger charge is -2.26. The number of sulfone groups is 1. The minimum atomic E-state index is -3.08. The number of likely N-dealkylation sites (tertiary alicyclic amines) is 1. The van der Waals surface area contributed by atoms with E-state index in [2.05, 4.69) is 28.4 Å². The highest BCUT2D eigenvalue weighted by atomic mass is 32.2. The maximum atomic E-state index is 13.5. The summed E-state index contributed by atoms with van der Waals surface area (Å²) in [7, 11) is 0.245. The van der Waals surface area contributed by atoms with Crippen LogP contribution in [-0.2, 0) is 21.2 Å². The van der Waals surface area contributed by atoms with Crippen LogP contribution < -0.4 is 14.8 Å².